The minimum Gasteiger partial charge on any atom is -0.469 e. The molecule has 2 N–H and O–H groups in total. The quantitative estimate of drug-likeness (QED) is 0.517. The maximum atomic E-state index is 12.0. The second-order valence-electron chi connectivity index (χ2n) is 6.70. The summed E-state index contributed by atoms with van der Waals surface area (Å²) in [7, 11) is 1.33. The molecule has 0 atom stereocenters. The third-order valence-corrected chi connectivity index (χ3v) is 4.76. The SMILES string of the molecule is COC(=O)[C@H]1CC[C@H](C(=O)NNC(=O)CO[C@H]2C[C@@H](OC(F)(F)F)C2)CC1. The Labute approximate surface area is 154 Å². The van der Waals surface area contributed by atoms with Crippen LogP contribution in [-0.2, 0) is 28.6 Å². The molecule has 2 amide bonds. The van der Waals surface area contributed by atoms with Crippen LogP contribution >= 0.6 is 0 Å². The number of nitrogens with one attached hydrogen (secondary N) is 2. The van der Waals surface area contributed by atoms with Crippen molar-refractivity contribution in [2.24, 2.45) is 11.8 Å². The van der Waals surface area contributed by atoms with Crippen LogP contribution in [0.15, 0.2) is 0 Å². The number of rotatable bonds is 6. The Hall–Kier alpha value is -1.88. The molecule has 8 nitrogen and oxygen atoms in total. The van der Waals surface area contributed by atoms with Crippen molar-refractivity contribution in [3.05, 3.63) is 0 Å². The Morgan fingerprint density at radius 3 is 2.11 bits per heavy atom. The van der Waals surface area contributed by atoms with E-state index < -0.39 is 24.5 Å². The maximum Gasteiger partial charge on any atom is 0.522 e. The van der Waals surface area contributed by atoms with Crippen molar-refractivity contribution in [1.82, 2.24) is 10.9 Å². The number of halogens is 3. The summed E-state index contributed by atoms with van der Waals surface area (Å²) in [5.41, 5.74) is 4.51. The molecule has 0 aliphatic heterocycles. The van der Waals surface area contributed by atoms with E-state index in [4.69, 9.17) is 4.74 Å². The van der Waals surface area contributed by atoms with Crippen LogP contribution in [0.25, 0.3) is 0 Å². The van der Waals surface area contributed by atoms with Gasteiger partial charge in [-0.2, -0.15) is 0 Å². The highest BCUT2D eigenvalue weighted by Crippen LogP contribution is 2.32. The van der Waals surface area contributed by atoms with Gasteiger partial charge in [-0.3, -0.25) is 30.0 Å². The first-order chi connectivity index (χ1) is 12.7. The Morgan fingerprint density at radius 1 is 0.963 bits per heavy atom. The number of alkyl halides is 3. The maximum absolute atomic E-state index is 12.0. The van der Waals surface area contributed by atoms with Crippen molar-refractivity contribution < 1.29 is 41.8 Å². The lowest BCUT2D eigenvalue weighted by Gasteiger charge is -2.34. The number of ether oxygens (including phenoxy) is 3. The number of methoxy groups -OCH3 is 1. The summed E-state index contributed by atoms with van der Waals surface area (Å²) in [5, 5.41) is 0. The molecule has 0 aromatic rings. The summed E-state index contributed by atoms with van der Waals surface area (Å²) < 4.78 is 49.6. The second-order valence-corrected chi connectivity index (χ2v) is 6.70. The third kappa shape index (κ3) is 6.98. The van der Waals surface area contributed by atoms with Gasteiger partial charge in [-0.1, -0.05) is 0 Å². The number of hydrogen-bond donors (Lipinski definition) is 2. The fourth-order valence-corrected chi connectivity index (χ4v) is 3.16. The predicted octanol–water partition coefficient (Wildman–Crippen LogP) is 1.20. The molecule has 2 saturated carbocycles. The monoisotopic (exact) mass is 396 g/mol. The average molecular weight is 396 g/mol. The minimum absolute atomic E-state index is 0.0581. The van der Waals surface area contributed by atoms with Gasteiger partial charge in [0.05, 0.1) is 25.2 Å². The highest BCUT2D eigenvalue weighted by atomic mass is 19.4. The lowest BCUT2D eigenvalue weighted by atomic mass is 9.82. The van der Waals surface area contributed by atoms with Crippen LogP contribution in [0.1, 0.15) is 38.5 Å². The Morgan fingerprint density at radius 2 is 1.56 bits per heavy atom. The summed E-state index contributed by atoms with van der Waals surface area (Å²) in [6.07, 6.45) is -3.86. The van der Waals surface area contributed by atoms with Gasteiger partial charge in [0.2, 0.25) is 5.91 Å². The van der Waals surface area contributed by atoms with Crippen molar-refractivity contribution in [2.45, 2.75) is 57.1 Å². The van der Waals surface area contributed by atoms with Crippen molar-refractivity contribution in [2.75, 3.05) is 13.7 Å². The zero-order valence-electron chi connectivity index (χ0n) is 14.8. The normalized spacial score (nSPS) is 28.0. The molecule has 27 heavy (non-hydrogen) atoms. The van der Waals surface area contributed by atoms with Crippen molar-refractivity contribution >= 4 is 17.8 Å². The number of hydrogen-bond acceptors (Lipinski definition) is 6. The number of carbonyl (C=O) groups is 3. The van der Waals surface area contributed by atoms with E-state index in [-0.39, 0.29) is 43.2 Å². The highest BCUT2D eigenvalue weighted by Gasteiger charge is 2.40. The molecule has 2 rings (SSSR count). The van der Waals surface area contributed by atoms with Crippen LogP contribution in [0.2, 0.25) is 0 Å². The molecule has 0 spiro atoms. The molecular weight excluding hydrogens is 373 g/mol. The molecule has 0 aromatic carbocycles. The number of carbonyl (C=O) groups excluding carboxylic acids is 3. The van der Waals surface area contributed by atoms with E-state index >= 15 is 0 Å². The van der Waals surface area contributed by atoms with Gasteiger partial charge in [0.1, 0.15) is 6.61 Å². The lowest BCUT2D eigenvalue weighted by Crippen LogP contribution is -2.48. The molecule has 2 aliphatic rings. The molecule has 11 heteroatoms. The molecule has 0 unspecified atom stereocenters. The summed E-state index contributed by atoms with van der Waals surface area (Å²) >= 11 is 0. The number of hydrazine groups is 1. The van der Waals surface area contributed by atoms with E-state index in [9.17, 15) is 27.6 Å². The standard InChI is InChI=1S/C16H23F3N2O6/c1-25-15(24)10-4-2-9(3-5-10)14(23)21-20-13(22)8-26-11-6-12(7-11)27-16(17,18)19/h9-12H,2-8H2,1H3,(H,20,22)(H,21,23)/t9-,10-,11-,12+. The molecule has 0 radical (unpaired) electrons. The fraction of sp³-hybridized carbons (Fsp3) is 0.812. The average Bonchev–Trinajstić information content (AvgIpc) is 2.59. The molecule has 0 heterocycles. The van der Waals surface area contributed by atoms with Gasteiger partial charge in [-0.15, -0.1) is 13.2 Å². The number of amides is 2. The fourth-order valence-electron chi connectivity index (χ4n) is 3.16. The van der Waals surface area contributed by atoms with Crippen molar-refractivity contribution in [1.29, 1.82) is 0 Å². The molecule has 0 bridgehead atoms. The van der Waals surface area contributed by atoms with Crippen LogP contribution < -0.4 is 10.9 Å². The summed E-state index contributed by atoms with van der Waals surface area (Å²) in [6.45, 7) is -0.376. The zero-order valence-corrected chi connectivity index (χ0v) is 14.8. The molecule has 154 valence electrons. The molecular formula is C16H23F3N2O6. The molecule has 2 fully saturated rings. The smallest absolute Gasteiger partial charge is 0.469 e. The molecule has 0 saturated heterocycles. The molecule has 0 aromatic heterocycles. The number of esters is 1. The largest absolute Gasteiger partial charge is 0.522 e. The van der Waals surface area contributed by atoms with E-state index in [1.807, 2.05) is 0 Å². The summed E-state index contributed by atoms with van der Waals surface area (Å²) in [6, 6.07) is 0. The van der Waals surface area contributed by atoms with Gasteiger partial charge in [0, 0.05) is 18.8 Å². The van der Waals surface area contributed by atoms with Crippen LogP contribution in [0, 0.1) is 11.8 Å². The van der Waals surface area contributed by atoms with Gasteiger partial charge >= 0.3 is 12.3 Å². The lowest BCUT2D eigenvalue weighted by molar-refractivity contribution is -0.357. The van der Waals surface area contributed by atoms with Gasteiger partial charge in [-0.25, -0.2) is 0 Å². The second kappa shape index (κ2) is 9.36. The first-order valence-electron chi connectivity index (χ1n) is 8.70. The van der Waals surface area contributed by atoms with Gasteiger partial charge in [0.15, 0.2) is 0 Å². The minimum atomic E-state index is -4.67. The van der Waals surface area contributed by atoms with Crippen molar-refractivity contribution in [3.8, 4) is 0 Å². The first kappa shape index (κ1) is 21.4. The van der Waals surface area contributed by atoms with E-state index in [2.05, 4.69) is 20.3 Å². The van der Waals surface area contributed by atoms with E-state index in [0.29, 0.717) is 25.7 Å². The van der Waals surface area contributed by atoms with Crippen LogP contribution in [0.4, 0.5) is 13.2 Å². The van der Waals surface area contributed by atoms with Gasteiger partial charge in [0.25, 0.3) is 5.91 Å². The van der Waals surface area contributed by atoms with E-state index in [1.165, 1.54) is 7.11 Å². The molecule has 2 aliphatic carbocycles. The third-order valence-electron chi connectivity index (χ3n) is 4.76. The van der Waals surface area contributed by atoms with Crippen LogP contribution in [0.3, 0.4) is 0 Å². The van der Waals surface area contributed by atoms with Gasteiger partial charge < -0.3 is 9.47 Å². The van der Waals surface area contributed by atoms with Crippen molar-refractivity contribution in [3.63, 3.8) is 0 Å². The Balaban J connectivity index is 1.56. The topological polar surface area (TPSA) is 103 Å². The Bertz CT molecular complexity index is 543. The predicted molar refractivity (Wildman–Crippen MR) is 83.7 cm³/mol. The summed E-state index contributed by atoms with van der Waals surface area (Å²) in [4.78, 5) is 35.1. The highest BCUT2D eigenvalue weighted by molar-refractivity contribution is 5.84. The van der Waals surface area contributed by atoms with Crippen LogP contribution in [-0.4, -0.2) is 50.1 Å². The zero-order chi connectivity index (χ0) is 20.0. The summed E-state index contributed by atoms with van der Waals surface area (Å²) in [5.74, 6) is -1.74. The van der Waals surface area contributed by atoms with Gasteiger partial charge in [-0.05, 0) is 25.7 Å². The van der Waals surface area contributed by atoms with E-state index in [1.54, 1.807) is 0 Å². The first-order valence-corrected chi connectivity index (χ1v) is 8.70. The Kier molecular flexibility index (Phi) is 7.42. The van der Waals surface area contributed by atoms with E-state index in [0.717, 1.165) is 0 Å². The van der Waals surface area contributed by atoms with Crippen LogP contribution in [0.5, 0.6) is 0 Å².